The number of nitrogens with one attached hydrogen (secondary N) is 1. The Balaban J connectivity index is 2.88. The maximum absolute atomic E-state index is 11.8. The molecular formula is C12H18N2O3S. The minimum atomic E-state index is -3.82. The molecule has 0 bridgehead atoms. The van der Waals surface area contributed by atoms with E-state index in [0.717, 1.165) is 18.4 Å². The number of rotatable bonds is 5. The van der Waals surface area contributed by atoms with Crippen LogP contribution in [-0.4, -0.2) is 20.4 Å². The Bertz CT molecular complexity index is 507. The van der Waals surface area contributed by atoms with E-state index in [9.17, 15) is 13.2 Å². The summed E-state index contributed by atoms with van der Waals surface area (Å²) in [6.45, 7) is 3.47. The molecule has 6 heteroatoms. The van der Waals surface area contributed by atoms with E-state index in [4.69, 9.17) is 5.73 Å². The lowest BCUT2D eigenvalue weighted by atomic mass is 10.1. The number of nitrogens with two attached hydrogens (primary N) is 1. The van der Waals surface area contributed by atoms with Gasteiger partial charge in [0, 0.05) is 0 Å². The van der Waals surface area contributed by atoms with Crippen molar-refractivity contribution >= 4 is 15.9 Å². The van der Waals surface area contributed by atoms with Gasteiger partial charge in [-0.2, -0.15) is 0 Å². The molecule has 0 unspecified atom stereocenters. The van der Waals surface area contributed by atoms with Crippen molar-refractivity contribution in [3.63, 3.8) is 0 Å². The highest BCUT2D eigenvalue weighted by molar-refractivity contribution is 7.90. The third-order valence-electron chi connectivity index (χ3n) is 2.42. The molecule has 0 spiro atoms. The highest BCUT2D eigenvalue weighted by atomic mass is 32.2. The first kappa shape index (κ1) is 14.7. The monoisotopic (exact) mass is 270 g/mol. The lowest BCUT2D eigenvalue weighted by molar-refractivity contribution is -0.120. The number of carbonyl (C=O) groups excluding carboxylic acids is 1. The van der Waals surface area contributed by atoms with Gasteiger partial charge in [0.05, 0.1) is 10.9 Å². The minimum absolute atomic E-state index is 0.0661. The minimum Gasteiger partial charge on any atom is -0.320 e. The maximum atomic E-state index is 11.8. The van der Waals surface area contributed by atoms with Gasteiger partial charge in [-0.1, -0.05) is 25.5 Å². The average molecular weight is 270 g/mol. The van der Waals surface area contributed by atoms with E-state index in [1.54, 1.807) is 12.1 Å². The van der Waals surface area contributed by atoms with E-state index in [-0.39, 0.29) is 4.90 Å². The van der Waals surface area contributed by atoms with Crippen molar-refractivity contribution in [2.24, 2.45) is 5.73 Å². The number of hydrogen-bond acceptors (Lipinski definition) is 4. The Hall–Kier alpha value is -1.40. The van der Waals surface area contributed by atoms with Crippen molar-refractivity contribution in [2.75, 3.05) is 0 Å². The summed E-state index contributed by atoms with van der Waals surface area (Å²) in [5.41, 5.74) is 6.37. The number of sulfonamides is 1. The lowest BCUT2D eigenvalue weighted by Gasteiger charge is -2.09. The van der Waals surface area contributed by atoms with Crippen LogP contribution >= 0.6 is 0 Å². The van der Waals surface area contributed by atoms with Gasteiger partial charge in [0.2, 0.25) is 5.91 Å². The molecule has 0 aromatic heterocycles. The highest BCUT2D eigenvalue weighted by Gasteiger charge is 2.19. The quantitative estimate of drug-likeness (QED) is 0.828. The largest absolute Gasteiger partial charge is 0.320 e. The first-order chi connectivity index (χ1) is 8.36. The van der Waals surface area contributed by atoms with Crippen molar-refractivity contribution < 1.29 is 13.2 Å². The molecule has 5 nitrogen and oxygen atoms in total. The van der Waals surface area contributed by atoms with Gasteiger partial charge in [-0.3, -0.25) is 4.79 Å². The molecule has 1 atom stereocenters. The average Bonchev–Trinajstić information content (AvgIpc) is 2.29. The first-order valence-electron chi connectivity index (χ1n) is 5.78. The summed E-state index contributed by atoms with van der Waals surface area (Å²) in [7, 11) is -3.82. The summed E-state index contributed by atoms with van der Waals surface area (Å²) in [4.78, 5) is 11.4. The summed E-state index contributed by atoms with van der Waals surface area (Å²) < 4.78 is 25.6. The van der Waals surface area contributed by atoms with Crippen LogP contribution in [0.15, 0.2) is 29.2 Å². The molecule has 1 aromatic carbocycles. The van der Waals surface area contributed by atoms with Crippen LogP contribution in [0.2, 0.25) is 0 Å². The molecule has 18 heavy (non-hydrogen) atoms. The molecule has 0 heterocycles. The molecule has 100 valence electrons. The predicted octanol–water partition coefficient (Wildman–Crippen LogP) is 0.791. The molecule has 0 aliphatic rings. The van der Waals surface area contributed by atoms with E-state index < -0.39 is 22.0 Å². The summed E-state index contributed by atoms with van der Waals surface area (Å²) in [5, 5.41) is 0. The summed E-state index contributed by atoms with van der Waals surface area (Å²) in [5.74, 6) is -0.715. The number of benzene rings is 1. The van der Waals surface area contributed by atoms with Gasteiger partial charge in [0.25, 0.3) is 10.0 Å². The van der Waals surface area contributed by atoms with E-state index in [1.165, 1.54) is 19.1 Å². The van der Waals surface area contributed by atoms with Crippen LogP contribution in [0.25, 0.3) is 0 Å². The molecular weight excluding hydrogens is 252 g/mol. The number of carbonyl (C=O) groups is 1. The Morgan fingerprint density at radius 3 is 2.33 bits per heavy atom. The standard InChI is InChI=1S/C12H18N2O3S/c1-3-4-10-5-7-11(8-6-10)18(16,17)14-12(15)9(2)13/h5-9H,3-4,13H2,1-2H3,(H,14,15)/t9-/m0/s1. The van der Waals surface area contributed by atoms with Crippen LogP contribution in [0.4, 0.5) is 0 Å². The van der Waals surface area contributed by atoms with E-state index >= 15 is 0 Å². The Kier molecular flexibility index (Phi) is 4.86. The molecule has 3 N–H and O–H groups in total. The zero-order valence-corrected chi connectivity index (χ0v) is 11.3. The van der Waals surface area contributed by atoms with Crippen molar-refractivity contribution in [1.82, 2.24) is 4.72 Å². The predicted molar refractivity (Wildman–Crippen MR) is 69.4 cm³/mol. The molecule has 0 saturated heterocycles. The van der Waals surface area contributed by atoms with Gasteiger partial charge in [-0.25, -0.2) is 13.1 Å². The topological polar surface area (TPSA) is 89.3 Å². The molecule has 1 rings (SSSR count). The SMILES string of the molecule is CCCc1ccc(S(=O)(=O)NC(=O)[C@H](C)N)cc1. The maximum Gasteiger partial charge on any atom is 0.264 e. The van der Waals surface area contributed by atoms with Crippen LogP contribution in [0, 0.1) is 0 Å². The number of amides is 1. The Morgan fingerprint density at radius 1 is 1.33 bits per heavy atom. The summed E-state index contributed by atoms with van der Waals surface area (Å²) >= 11 is 0. The molecule has 0 aliphatic heterocycles. The molecule has 1 amide bonds. The molecule has 0 radical (unpaired) electrons. The second-order valence-electron chi connectivity index (χ2n) is 4.15. The van der Waals surface area contributed by atoms with Crippen molar-refractivity contribution in [1.29, 1.82) is 0 Å². The summed E-state index contributed by atoms with van der Waals surface area (Å²) in [6.07, 6.45) is 1.89. The van der Waals surface area contributed by atoms with Crippen LogP contribution < -0.4 is 10.5 Å². The zero-order valence-electron chi connectivity index (χ0n) is 10.5. The van der Waals surface area contributed by atoms with Gasteiger partial charge in [-0.15, -0.1) is 0 Å². The Labute approximate surface area is 107 Å². The second-order valence-corrected chi connectivity index (χ2v) is 5.83. The van der Waals surface area contributed by atoms with Crippen LogP contribution in [0.1, 0.15) is 25.8 Å². The Morgan fingerprint density at radius 2 is 1.89 bits per heavy atom. The molecule has 0 saturated carbocycles. The van der Waals surface area contributed by atoms with Crippen LogP contribution in [-0.2, 0) is 21.2 Å². The fourth-order valence-corrected chi connectivity index (χ4v) is 2.47. The first-order valence-corrected chi connectivity index (χ1v) is 7.26. The van der Waals surface area contributed by atoms with Gasteiger partial charge >= 0.3 is 0 Å². The van der Waals surface area contributed by atoms with Crippen molar-refractivity contribution in [2.45, 2.75) is 37.6 Å². The van der Waals surface area contributed by atoms with Gasteiger partial charge in [0.1, 0.15) is 0 Å². The van der Waals surface area contributed by atoms with E-state index in [1.807, 2.05) is 11.6 Å². The smallest absolute Gasteiger partial charge is 0.264 e. The van der Waals surface area contributed by atoms with E-state index in [2.05, 4.69) is 0 Å². The molecule has 0 aliphatic carbocycles. The molecule has 1 aromatic rings. The normalized spacial score (nSPS) is 13.1. The van der Waals surface area contributed by atoms with Crippen molar-refractivity contribution in [3.8, 4) is 0 Å². The summed E-state index contributed by atoms with van der Waals surface area (Å²) in [6, 6.07) is 5.60. The lowest BCUT2D eigenvalue weighted by Crippen LogP contribution is -2.41. The highest BCUT2D eigenvalue weighted by Crippen LogP contribution is 2.11. The van der Waals surface area contributed by atoms with Crippen LogP contribution in [0.3, 0.4) is 0 Å². The van der Waals surface area contributed by atoms with E-state index in [0.29, 0.717) is 0 Å². The third kappa shape index (κ3) is 3.82. The van der Waals surface area contributed by atoms with Crippen molar-refractivity contribution in [3.05, 3.63) is 29.8 Å². The van der Waals surface area contributed by atoms with Gasteiger partial charge in [0.15, 0.2) is 0 Å². The second kappa shape index (κ2) is 5.97. The fourth-order valence-electron chi connectivity index (χ4n) is 1.41. The fraction of sp³-hybridized carbons (Fsp3) is 0.417. The third-order valence-corrected chi connectivity index (χ3v) is 3.78. The zero-order chi connectivity index (χ0) is 13.8. The number of hydrogen-bond donors (Lipinski definition) is 2. The van der Waals surface area contributed by atoms with Gasteiger partial charge < -0.3 is 5.73 Å². The molecule has 0 fully saturated rings. The van der Waals surface area contributed by atoms with Gasteiger partial charge in [-0.05, 0) is 31.0 Å². The number of aryl methyl sites for hydroxylation is 1. The van der Waals surface area contributed by atoms with Crippen LogP contribution in [0.5, 0.6) is 0 Å².